The fourth-order valence-corrected chi connectivity index (χ4v) is 6.21. The van der Waals surface area contributed by atoms with Crippen LogP contribution in [0.25, 0.3) is 0 Å². The van der Waals surface area contributed by atoms with Crippen LogP contribution >= 0.6 is 0 Å². The molecule has 0 radical (unpaired) electrons. The molecule has 7 nitrogen and oxygen atoms in total. The van der Waals surface area contributed by atoms with Gasteiger partial charge in [0, 0.05) is 6.54 Å². The third-order valence-electron chi connectivity index (χ3n) is 9.58. The molecule has 0 aliphatic heterocycles. The molecule has 0 heterocycles. The summed E-state index contributed by atoms with van der Waals surface area (Å²) in [4.78, 5) is 27.3. The van der Waals surface area contributed by atoms with Gasteiger partial charge in [-0.15, -0.1) is 0 Å². The van der Waals surface area contributed by atoms with Crippen LogP contribution in [0.5, 0.6) is 0 Å². The van der Waals surface area contributed by atoms with Gasteiger partial charge in [-0.1, -0.05) is 130 Å². The van der Waals surface area contributed by atoms with E-state index in [0.29, 0.717) is 19.8 Å². The van der Waals surface area contributed by atoms with E-state index in [9.17, 15) is 14.7 Å². The lowest BCUT2D eigenvalue weighted by atomic mass is 9.86. The SMILES string of the molecule is CCCCCCCCCCCOC(=O)OCCCCN(CCO)CCCCCCC(C)(C)C(=O)OC(CCCCCC)CCCCCC. The summed E-state index contributed by atoms with van der Waals surface area (Å²) in [6, 6.07) is 0. The second kappa shape index (κ2) is 34.1. The average molecular weight is 684 g/mol. The summed E-state index contributed by atoms with van der Waals surface area (Å²) < 4.78 is 16.6. The Balaban J connectivity index is 4.08. The number of aliphatic hydroxyl groups is 1. The summed E-state index contributed by atoms with van der Waals surface area (Å²) in [7, 11) is 0. The number of unbranched alkanes of at least 4 members (excludes halogenated alkanes) is 18. The summed E-state index contributed by atoms with van der Waals surface area (Å²) in [5.41, 5.74) is -0.449. The van der Waals surface area contributed by atoms with Crippen LogP contribution in [0.4, 0.5) is 4.79 Å². The Morgan fingerprint density at radius 2 is 0.979 bits per heavy atom. The second-order valence-electron chi connectivity index (χ2n) is 14.8. The maximum absolute atomic E-state index is 13.2. The molecule has 0 rings (SSSR count). The quantitative estimate of drug-likeness (QED) is 0.0519. The van der Waals surface area contributed by atoms with Crippen molar-refractivity contribution in [1.82, 2.24) is 4.90 Å². The van der Waals surface area contributed by atoms with Crippen molar-refractivity contribution < 1.29 is 28.9 Å². The predicted octanol–water partition coefficient (Wildman–Crippen LogP) is 11.6. The number of esters is 1. The Morgan fingerprint density at radius 1 is 0.562 bits per heavy atom. The highest BCUT2D eigenvalue weighted by Crippen LogP contribution is 2.28. The van der Waals surface area contributed by atoms with Crippen LogP contribution in [0.15, 0.2) is 0 Å². The number of carbonyl (C=O) groups is 2. The molecule has 0 aromatic rings. The predicted molar refractivity (Wildman–Crippen MR) is 202 cm³/mol. The van der Waals surface area contributed by atoms with E-state index in [0.717, 1.165) is 96.6 Å². The van der Waals surface area contributed by atoms with Gasteiger partial charge in [0.15, 0.2) is 0 Å². The number of hydrogen-bond donors (Lipinski definition) is 1. The zero-order valence-corrected chi connectivity index (χ0v) is 32.6. The van der Waals surface area contributed by atoms with Crippen molar-refractivity contribution in [3.63, 3.8) is 0 Å². The normalized spacial score (nSPS) is 11.8. The standard InChI is InChI=1S/C41H81NO6/c1-6-9-12-15-16-17-18-21-27-36-46-40(45)47-37-28-26-33-42(34-35-43)32-25-20-19-24-31-41(4,5)39(44)48-38(29-22-13-10-7-2)30-23-14-11-8-3/h38,43H,6-37H2,1-5H3. The summed E-state index contributed by atoms with van der Waals surface area (Å²) in [6.07, 6.45) is 29.2. The Bertz CT molecular complexity index is 703. The van der Waals surface area contributed by atoms with Gasteiger partial charge in [-0.05, 0) is 84.7 Å². The molecule has 0 bridgehead atoms. The molecule has 0 aliphatic carbocycles. The molecule has 0 saturated heterocycles. The van der Waals surface area contributed by atoms with E-state index in [4.69, 9.17) is 14.2 Å². The van der Waals surface area contributed by atoms with Crippen molar-refractivity contribution in [2.45, 2.75) is 208 Å². The van der Waals surface area contributed by atoms with Crippen molar-refractivity contribution in [3.8, 4) is 0 Å². The van der Waals surface area contributed by atoms with Crippen LogP contribution in [-0.4, -0.2) is 67.7 Å². The van der Waals surface area contributed by atoms with E-state index >= 15 is 0 Å². The third kappa shape index (κ3) is 29.6. The van der Waals surface area contributed by atoms with E-state index < -0.39 is 11.6 Å². The first kappa shape index (κ1) is 46.7. The number of rotatable bonds is 36. The highest BCUT2D eigenvalue weighted by molar-refractivity contribution is 5.76. The zero-order valence-electron chi connectivity index (χ0n) is 32.6. The molecular weight excluding hydrogens is 602 g/mol. The van der Waals surface area contributed by atoms with Crippen molar-refractivity contribution in [2.75, 3.05) is 39.5 Å². The van der Waals surface area contributed by atoms with Gasteiger partial charge in [0.05, 0.1) is 25.2 Å². The Labute approximate surface area is 298 Å². The van der Waals surface area contributed by atoms with E-state index in [1.165, 1.54) is 83.5 Å². The van der Waals surface area contributed by atoms with Crippen molar-refractivity contribution in [2.24, 2.45) is 5.41 Å². The Kier molecular flexibility index (Phi) is 33.2. The lowest BCUT2D eigenvalue weighted by molar-refractivity contribution is -0.161. The first-order chi connectivity index (χ1) is 23.3. The minimum atomic E-state index is -0.553. The van der Waals surface area contributed by atoms with Gasteiger partial charge < -0.3 is 24.2 Å². The van der Waals surface area contributed by atoms with Crippen LogP contribution in [0, 0.1) is 5.41 Å². The summed E-state index contributed by atoms with van der Waals surface area (Å²) in [5, 5.41) is 9.52. The zero-order chi connectivity index (χ0) is 35.6. The highest BCUT2D eigenvalue weighted by atomic mass is 16.7. The highest BCUT2D eigenvalue weighted by Gasteiger charge is 2.30. The van der Waals surface area contributed by atoms with Gasteiger partial charge in [-0.2, -0.15) is 0 Å². The second-order valence-corrected chi connectivity index (χ2v) is 14.8. The van der Waals surface area contributed by atoms with E-state index in [-0.39, 0.29) is 18.7 Å². The summed E-state index contributed by atoms with van der Waals surface area (Å²) in [5.74, 6) is -0.0244. The number of hydrogen-bond acceptors (Lipinski definition) is 7. The molecule has 0 aliphatic rings. The van der Waals surface area contributed by atoms with Crippen LogP contribution in [0.3, 0.4) is 0 Å². The minimum Gasteiger partial charge on any atom is -0.462 e. The number of aliphatic hydroxyl groups excluding tert-OH is 1. The molecule has 0 unspecified atom stereocenters. The molecular formula is C41H81NO6. The topological polar surface area (TPSA) is 85.3 Å². The molecule has 0 spiro atoms. The number of carbonyl (C=O) groups excluding carboxylic acids is 2. The minimum absolute atomic E-state index is 0.0244. The first-order valence-electron chi connectivity index (χ1n) is 20.6. The van der Waals surface area contributed by atoms with Gasteiger partial charge in [0.25, 0.3) is 0 Å². The van der Waals surface area contributed by atoms with E-state index in [1.54, 1.807) is 0 Å². The maximum atomic E-state index is 13.2. The van der Waals surface area contributed by atoms with Gasteiger partial charge in [0.1, 0.15) is 6.10 Å². The van der Waals surface area contributed by atoms with Crippen LogP contribution in [0.2, 0.25) is 0 Å². The van der Waals surface area contributed by atoms with Crippen molar-refractivity contribution in [1.29, 1.82) is 0 Å². The smallest absolute Gasteiger partial charge is 0.462 e. The molecule has 0 saturated carbocycles. The molecule has 48 heavy (non-hydrogen) atoms. The third-order valence-corrected chi connectivity index (χ3v) is 9.58. The monoisotopic (exact) mass is 684 g/mol. The Morgan fingerprint density at radius 3 is 1.50 bits per heavy atom. The molecule has 0 aromatic carbocycles. The fraction of sp³-hybridized carbons (Fsp3) is 0.951. The molecule has 286 valence electrons. The number of nitrogens with zero attached hydrogens (tertiary/aromatic N) is 1. The van der Waals surface area contributed by atoms with Gasteiger partial charge >= 0.3 is 12.1 Å². The molecule has 7 heteroatoms. The van der Waals surface area contributed by atoms with Crippen LogP contribution in [-0.2, 0) is 19.0 Å². The lowest BCUT2D eigenvalue weighted by Crippen LogP contribution is -2.31. The summed E-state index contributed by atoms with van der Waals surface area (Å²) >= 11 is 0. The van der Waals surface area contributed by atoms with Gasteiger partial charge in [0.2, 0.25) is 0 Å². The molecule has 0 amide bonds. The van der Waals surface area contributed by atoms with Gasteiger partial charge in [-0.3, -0.25) is 4.79 Å². The number of ether oxygens (including phenoxy) is 3. The maximum Gasteiger partial charge on any atom is 0.508 e. The van der Waals surface area contributed by atoms with Crippen molar-refractivity contribution in [3.05, 3.63) is 0 Å². The van der Waals surface area contributed by atoms with Crippen LogP contribution in [0.1, 0.15) is 202 Å². The molecule has 0 aromatic heterocycles. The average Bonchev–Trinajstić information content (AvgIpc) is 3.06. The lowest BCUT2D eigenvalue weighted by Gasteiger charge is -2.27. The molecule has 1 N–H and O–H groups in total. The largest absolute Gasteiger partial charge is 0.508 e. The van der Waals surface area contributed by atoms with Crippen molar-refractivity contribution >= 4 is 12.1 Å². The van der Waals surface area contributed by atoms with Gasteiger partial charge in [-0.25, -0.2) is 4.79 Å². The fourth-order valence-electron chi connectivity index (χ4n) is 6.21. The molecule has 0 atom stereocenters. The Hall–Kier alpha value is -1.34. The molecule has 0 fully saturated rings. The van der Waals surface area contributed by atoms with E-state index in [2.05, 4.69) is 25.7 Å². The first-order valence-corrected chi connectivity index (χ1v) is 20.6. The van der Waals surface area contributed by atoms with E-state index in [1.807, 2.05) is 13.8 Å². The van der Waals surface area contributed by atoms with Crippen LogP contribution < -0.4 is 0 Å². The summed E-state index contributed by atoms with van der Waals surface area (Å²) in [6.45, 7) is 14.3.